The van der Waals surface area contributed by atoms with Crippen LogP contribution in [0.25, 0.3) is 0 Å². The van der Waals surface area contributed by atoms with Crippen molar-refractivity contribution in [2.75, 3.05) is 11.9 Å². The summed E-state index contributed by atoms with van der Waals surface area (Å²) in [5, 5.41) is 13.6. The van der Waals surface area contributed by atoms with Crippen molar-refractivity contribution >= 4 is 38.9 Å². The number of nitro groups is 1. The number of nitrogens with one attached hydrogen (secondary N) is 1. The second-order valence-corrected chi connectivity index (χ2v) is 10.1. The van der Waals surface area contributed by atoms with Gasteiger partial charge in [0.15, 0.2) is 0 Å². The van der Waals surface area contributed by atoms with Crippen molar-refractivity contribution in [3.8, 4) is 0 Å². The molecule has 1 atom stereocenters. The van der Waals surface area contributed by atoms with Gasteiger partial charge in [0.25, 0.3) is 11.6 Å². The van der Waals surface area contributed by atoms with E-state index >= 15 is 0 Å². The van der Waals surface area contributed by atoms with E-state index in [1.807, 2.05) is 6.07 Å². The minimum Gasteiger partial charge on any atom is -0.322 e. The maximum atomic E-state index is 13.4. The molecule has 2 heterocycles. The summed E-state index contributed by atoms with van der Waals surface area (Å²) in [7, 11) is -3.78. The van der Waals surface area contributed by atoms with Gasteiger partial charge >= 0.3 is 0 Å². The van der Waals surface area contributed by atoms with Crippen LogP contribution >= 0.6 is 11.6 Å². The van der Waals surface area contributed by atoms with Crippen molar-refractivity contribution in [1.82, 2.24) is 9.29 Å². The molecule has 9 nitrogen and oxygen atoms in total. The maximum absolute atomic E-state index is 13.4. The standard InChI is InChI=1S/C23H21ClN4O5S/c24-21-11-8-18(28(30)31)14-20(21)23(29)26-17-6-9-19(10-7-17)34(32,33)27-13-2-1-5-22(27)16-4-3-12-25-15-16/h3-4,6-12,14-15,22H,1-2,5,13H2,(H,26,29)/t22-/m0/s1. The summed E-state index contributed by atoms with van der Waals surface area (Å²) in [4.78, 5) is 27.2. The summed E-state index contributed by atoms with van der Waals surface area (Å²) >= 11 is 6.02. The Morgan fingerprint density at radius 1 is 1.15 bits per heavy atom. The van der Waals surface area contributed by atoms with Crippen LogP contribution in [0.15, 0.2) is 71.9 Å². The zero-order valence-corrected chi connectivity index (χ0v) is 19.5. The summed E-state index contributed by atoms with van der Waals surface area (Å²) in [5.41, 5.74) is 0.860. The number of anilines is 1. The van der Waals surface area contributed by atoms with Gasteiger partial charge in [-0.25, -0.2) is 8.42 Å². The lowest BCUT2D eigenvalue weighted by atomic mass is 9.99. The van der Waals surface area contributed by atoms with Crippen molar-refractivity contribution in [1.29, 1.82) is 0 Å². The second-order valence-electron chi connectivity index (χ2n) is 7.81. The fraction of sp³-hybridized carbons (Fsp3) is 0.217. The molecule has 0 unspecified atom stereocenters. The van der Waals surface area contributed by atoms with Gasteiger partial charge in [0.1, 0.15) is 0 Å². The van der Waals surface area contributed by atoms with Crippen molar-refractivity contribution in [3.05, 3.63) is 93.3 Å². The molecule has 0 bridgehead atoms. The number of nitro benzene ring substituents is 1. The Balaban J connectivity index is 1.54. The van der Waals surface area contributed by atoms with Crippen LogP contribution in [-0.4, -0.2) is 35.1 Å². The number of halogens is 1. The molecule has 1 fully saturated rings. The number of amides is 1. The van der Waals surface area contributed by atoms with Gasteiger partial charge in [0.2, 0.25) is 10.0 Å². The quantitative estimate of drug-likeness (QED) is 0.382. The molecule has 1 aromatic heterocycles. The van der Waals surface area contributed by atoms with Crippen LogP contribution in [-0.2, 0) is 10.0 Å². The number of carbonyl (C=O) groups excluding carboxylic acids is 1. The largest absolute Gasteiger partial charge is 0.322 e. The van der Waals surface area contributed by atoms with E-state index in [0.717, 1.165) is 24.5 Å². The minimum atomic E-state index is -3.78. The van der Waals surface area contributed by atoms with Crippen LogP contribution in [0.4, 0.5) is 11.4 Å². The monoisotopic (exact) mass is 500 g/mol. The average molecular weight is 501 g/mol. The smallest absolute Gasteiger partial charge is 0.270 e. The molecule has 176 valence electrons. The van der Waals surface area contributed by atoms with E-state index in [-0.39, 0.29) is 27.2 Å². The first-order chi connectivity index (χ1) is 16.3. The van der Waals surface area contributed by atoms with E-state index in [1.165, 1.54) is 40.7 Å². The molecule has 0 aliphatic carbocycles. The Labute approximate surface area is 201 Å². The molecule has 1 saturated heterocycles. The number of hydrogen-bond donors (Lipinski definition) is 1. The molecule has 1 aliphatic rings. The SMILES string of the molecule is O=C(Nc1ccc(S(=O)(=O)N2CCCC[C@H]2c2cccnc2)cc1)c1cc([N+](=O)[O-])ccc1Cl. The van der Waals surface area contributed by atoms with E-state index in [0.29, 0.717) is 18.7 Å². The van der Waals surface area contributed by atoms with Gasteiger partial charge in [-0.3, -0.25) is 19.9 Å². The number of rotatable bonds is 6. The van der Waals surface area contributed by atoms with Crippen LogP contribution < -0.4 is 5.32 Å². The summed E-state index contributed by atoms with van der Waals surface area (Å²) in [5.74, 6) is -0.642. The molecule has 0 spiro atoms. The van der Waals surface area contributed by atoms with Crippen molar-refractivity contribution in [2.24, 2.45) is 0 Å². The molecule has 1 aliphatic heterocycles. The summed E-state index contributed by atoms with van der Waals surface area (Å²) in [6.45, 7) is 0.408. The van der Waals surface area contributed by atoms with Gasteiger partial charge in [-0.15, -0.1) is 0 Å². The second kappa shape index (κ2) is 9.88. The number of piperidine rings is 1. The Kier molecular flexibility index (Phi) is 6.92. The molecule has 1 N–H and O–H groups in total. The average Bonchev–Trinajstić information content (AvgIpc) is 2.85. The molecular formula is C23H21ClN4O5S. The highest BCUT2D eigenvalue weighted by molar-refractivity contribution is 7.89. The molecule has 4 rings (SSSR count). The van der Waals surface area contributed by atoms with Gasteiger partial charge in [0, 0.05) is 36.8 Å². The Morgan fingerprint density at radius 2 is 1.91 bits per heavy atom. The molecule has 3 aromatic rings. The minimum absolute atomic E-state index is 0.0554. The molecule has 2 aromatic carbocycles. The van der Waals surface area contributed by atoms with Crippen molar-refractivity contribution in [2.45, 2.75) is 30.2 Å². The zero-order chi connectivity index (χ0) is 24.3. The van der Waals surface area contributed by atoms with Crippen molar-refractivity contribution < 1.29 is 18.1 Å². The van der Waals surface area contributed by atoms with E-state index in [4.69, 9.17) is 11.6 Å². The van der Waals surface area contributed by atoms with Gasteiger partial charge in [0.05, 0.1) is 26.4 Å². The normalized spacial score (nSPS) is 16.7. The molecule has 0 saturated carbocycles. The molecular weight excluding hydrogens is 480 g/mol. The van der Waals surface area contributed by atoms with Crippen LogP contribution in [0, 0.1) is 10.1 Å². The highest BCUT2D eigenvalue weighted by atomic mass is 35.5. The Hall–Kier alpha value is -3.34. The number of nitrogens with zero attached hydrogens (tertiary/aromatic N) is 3. The topological polar surface area (TPSA) is 123 Å². The Bertz CT molecular complexity index is 1320. The third-order valence-electron chi connectivity index (χ3n) is 5.65. The van der Waals surface area contributed by atoms with Gasteiger partial charge in [-0.2, -0.15) is 4.31 Å². The van der Waals surface area contributed by atoms with Gasteiger partial charge < -0.3 is 5.32 Å². The highest BCUT2D eigenvalue weighted by Crippen LogP contribution is 2.35. The first-order valence-electron chi connectivity index (χ1n) is 10.5. The van der Waals surface area contributed by atoms with E-state index in [9.17, 15) is 23.3 Å². The lowest BCUT2D eigenvalue weighted by Crippen LogP contribution is -2.38. The maximum Gasteiger partial charge on any atom is 0.270 e. The fourth-order valence-electron chi connectivity index (χ4n) is 3.94. The number of sulfonamides is 1. The third kappa shape index (κ3) is 4.93. The van der Waals surface area contributed by atoms with Crippen LogP contribution in [0.1, 0.15) is 41.2 Å². The Morgan fingerprint density at radius 3 is 2.59 bits per heavy atom. The molecule has 0 radical (unpaired) electrons. The fourth-order valence-corrected chi connectivity index (χ4v) is 5.83. The number of carbonyl (C=O) groups is 1. The van der Waals surface area contributed by atoms with Crippen LogP contribution in [0.5, 0.6) is 0 Å². The van der Waals surface area contributed by atoms with Crippen LogP contribution in [0.3, 0.4) is 0 Å². The predicted molar refractivity (Wildman–Crippen MR) is 127 cm³/mol. The number of pyridine rings is 1. The summed E-state index contributed by atoms with van der Waals surface area (Å²) < 4.78 is 28.3. The number of non-ortho nitro benzene ring substituents is 1. The van der Waals surface area contributed by atoms with Crippen molar-refractivity contribution in [3.63, 3.8) is 0 Å². The van der Waals surface area contributed by atoms with Gasteiger partial charge in [-0.05, 0) is 54.8 Å². The molecule has 1 amide bonds. The van der Waals surface area contributed by atoms with E-state index in [1.54, 1.807) is 18.5 Å². The van der Waals surface area contributed by atoms with Crippen LogP contribution in [0.2, 0.25) is 5.02 Å². The number of hydrogen-bond acceptors (Lipinski definition) is 6. The highest BCUT2D eigenvalue weighted by Gasteiger charge is 2.34. The van der Waals surface area contributed by atoms with Gasteiger partial charge in [-0.1, -0.05) is 24.1 Å². The van der Waals surface area contributed by atoms with E-state index < -0.39 is 20.9 Å². The number of benzene rings is 2. The summed E-state index contributed by atoms with van der Waals surface area (Å²) in [6.07, 6.45) is 5.75. The lowest BCUT2D eigenvalue weighted by Gasteiger charge is -2.34. The first kappa shape index (κ1) is 23.8. The first-order valence-corrected chi connectivity index (χ1v) is 12.4. The molecule has 34 heavy (non-hydrogen) atoms. The third-order valence-corrected chi connectivity index (χ3v) is 7.90. The predicted octanol–water partition coefficient (Wildman–Crippen LogP) is 4.81. The zero-order valence-electron chi connectivity index (χ0n) is 17.9. The summed E-state index contributed by atoms with van der Waals surface area (Å²) in [6, 6.07) is 12.7. The number of aromatic nitrogens is 1. The van der Waals surface area contributed by atoms with E-state index in [2.05, 4.69) is 10.3 Å². The lowest BCUT2D eigenvalue weighted by molar-refractivity contribution is -0.384. The molecule has 11 heteroatoms.